The van der Waals surface area contributed by atoms with E-state index in [1.54, 1.807) is 0 Å². The predicted molar refractivity (Wildman–Crippen MR) is 144 cm³/mol. The SMILES string of the molecule is CCCCCC1COC(c2ccc(-c3cc(F)c(C(F)(F)OC4COC(c5cc(F)c(F)c(F)c5)OC4)c(F)c3)c(F)c2)OC1. The fourth-order valence-corrected chi connectivity index (χ4v) is 5.23. The van der Waals surface area contributed by atoms with Crippen LogP contribution in [-0.2, 0) is 29.8 Å². The van der Waals surface area contributed by atoms with Gasteiger partial charge in [-0.2, -0.15) is 8.78 Å². The highest BCUT2D eigenvalue weighted by atomic mass is 19.3. The number of benzene rings is 3. The van der Waals surface area contributed by atoms with Gasteiger partial charge < -0.3 is 23.7 Å². The fraction of sp³-hybridized carbons (Fsp3) is 0.438. The molecule has 0 N–H and O–H groups in total. The molecule has 0 saturated carbocycles. The van der Waals surface area contributed by atoms with Crippen LogP contribution in [0.2, 0.25) is 0 Å². The lowest BCUT2D eigenvalue weighted by Crippen LogP contribution is -2.38. The van der Waals surface area contributed by atoms with Crippen LogP contribution < -0.4 is 0 Å². The Bertz CT molecular complexity index is 1440. The number of unbranched alkanes of at least 4 members (excludes halogenated alkanes) is 2. The van der Waals surface area contributed by atoms with E-state index in [0.29, 0.717) is 43.0 Å². The number of alkyl halides is 2. The molecule has 0 bridgehead atoms. The minimum Gasteiger partial charge on any atom is -0.348 e. The molecule has 3 aromatic carbocycles. The van der Waals surface area contributed by atoms with E-state index in [4.69, 9.17) is 18.9 Å². The van der Waals surface area contributed by atoms with Crippen LogP contribution in [0.15, 0.2) is 42.5 Å². The molecule has 0 radical (unpaired) electrons. The van der Waals surface area contributed by atoms with Gasteiger partial charge in [0.25, 0.3) is 0 Å². The standard InChI is InChI=1S/C32H30F8O5/c1-2-3-4-5-17-13-41-30(42-14-17)18-6-7-22(23(33)8-18)19-9-24(34)28(25(35)10-19)32(39,40)45-21-15-43-31(44-16-21)20-11-26(36)29(38)27(37)12-20/h6-12,17,21,30-31H,2-5,13-16H2,1H3. The quantitative estimate of drug-likeness (QED) is 0.125. The molecule has 0 atom stereocenters. The fourth-order valence-electron chi connectivity index (χ4n) is 5.23. The summed E-state index contributed by atoms with van der Waals surface area (Å²) in [4.78, 5) is 0. The Hall–Kier alpha value is -3.10. The third kappa shape index (κ3) is 7.66. The van der Waals surface area contributed by atoms with E-state index >= 15 is 4.39 Å². The van der Waals surface area contributed by atoms with Gasteiger partial charge in [-0.25, -0.2) is 26.3 Å². The van der Waals surface area contributed by atoms with Gasteiger partial charge in [0.2, 0.25) is 0 Å². The van der Waals surface area contributed by atoms with Crippen LogP contribution in [-0.4, -0.2) is 32.5 Å². The van der Waals surface area contributed by atoms with Crippen molar-refractivity contribution in [3.63, 3.8) is 0 Å². The lowest BCUT2D eigenvalue weighted by Gasteiger charge is -2.32. The van der Waals surface area contributed by atoms with Crippen LogP contribution in [0.25, 0.3) is 11.1 Å². The van der Waals surface area contributed by atoms with Crippen LogP contribution >= 0.6 is 0 Å². The van der Waals surface area contributed by atoms with Crippen molar-refractivity contribution in [2.24, 2.45) is 5.92 Å². The second-order valence-corrected chi connectivity index (χ2v) is 11.0. The normalized spacial score (nSPS) is 22.5. The van der Waals surface area contributed by atoms with E-state index < -0.39 is 78.5 Å². The molecule has 0 spiro atoms. The molecule has 2 fully saturated rings. The molecule has 3 aromatic rings. The van der Waals surface area contributed by atoms with Crippen molar-refractivity contribution >= 4 is 0 Å². The van der Waals surface area contributed by atoms with Crippen molar-refractivity contribution in [2.45, 2.75) is 57.4 Å². The Balaban J connectivity index is 1.23. The summed E-state index contributed by atoms with van der Waals surface area (Å²) < 4.78 is 142. The zero-order valence-corrected chi connectivity index (χ0v) is 24.1. The zero-order chi connectivity index (χ0) is 32.3. The predicted octanol–water partition coefficient (Wildman–Crippen LogP) is 8.61. The Morgan fingerprint density at radius 3 is 1.82 bits per heavy atom. The second-order valence-electron chi connectivity index (χ2n) is 11.0. The summed E-state index contributed by atoms with van der Waals surface area (Å²) in [5.74, 6) is -8.75. The number of rotatable bonds is 10. The van der Waals surface area contributed by atoms with Crippen LogP contribution in [0.4, 0.5) is 35.1 Å². The number of hydrogen-bond donors (Lipinski definition) is 0. The van der Waals surface area contributed by atoms with Gasteiger partial charge in [-0.1, -0.05) is 38.3 Å². The van der Waals surface area contributed by atoms with Crippen LogP contribution in [0.3, 0.4) is 0 Å². The Kier molecular flexibility index (Phi) is 10.4. The number of halogens is 8. The van der Waals surface area contributed by atoms with Crippen molar-refractivity contribution < 1.29 is 58.8 Å². The van der Waals surface area contributed by atoms with E-state index in [2.05, 4.69) is 11.7 Å². The summed E-state index contributed by atoms with van der Waals surface area (Å²) in [5.41, 5.74) is -2.19. The molecule has 0 unspecified atom stereocenters. The molecule has 0 aliphatic carbocycles. The first kappa shape index (κ1) is 33.3. The van der Waals surface area contributed by atoms with Crippen LogP contribution in [0.5, 0.6) is 0 Å². The molecule has 2 aliphatic heterocycles. The summed E-state index contributed by atoms with van der Waals surface area (Å²) in [6.07, 6.45) is -4.10. The lowest BCUT2D eigenvalue weighted by molar-refractivity contribution is -0.322. The van der Waals surface area contributed by atoms with Gasteiger partial charge in [0, 0.05) is 22.6 Å². The summed E-state index contributed by atoms with van der Waals surface area (Å²) in [6, 6.07) is 6.16. The van der Waals surface area contributed by atoms with E-state index in [-0.39, 0.29) is 22.6 Å². The molecular weight excluding hydrogens is 616 g/mol. The maximum absolute atomic E-state index is 15.1. The van der Waals surface area contributed by atoms with E-state index in [1.807, 2.05) is 0 Å². The van der Waals surface area contributed by atoms with Gasteiger partial charge >= 0.3 is 6.11 Å². The molecule has 2 aliphatic rings. The summed E-state index contributed by atoms with van der Waals surface area (Å²) in [6.45, 7) is 1.76. The van der Waals surface area contributed by atoms with Crippen molar-refractivity contribution in [1.29, 1.82) is 0 Å². The Labute approximate surface area is 254 Å². The molecular formula is C32H30F8O5. The number of ether oxygens (including phenoxy) is 5. The topological polar surface area (TPSA) is 46.2 Å². The van der Waals surface area contributed by atoms with Gasteiger partial charge in [0.15, 0.2) is 30.0 Å². The smallest absolute Gasteiger partial charge is 0.348 e. The first-order chi connectivity index (χ1) is 21.5. The lowest BCUT2D eigenvalue weighted by atomic mass is 9.99. The van der Waals surface area contributed by atoms with Gasteiger partial charge in [-0.3, -0.25) is 0 Å². The molecule has 13 heteroatoms. The molecule has 2 saturated heterocycles. The van der Waals surface area contributed by atoms with Crippen molar-refractivity contribution in [3.05, 3.63) is 94.1 Å². The van der Waals surface area contributed by atoms with Crippen molar-refractivity contribution in [2.75, 3.05) is 26.4 Å². The van der Waals surface area contributed by atoms with Crippen molar-refractivity contribution in [1.82, 2.24) is 0 Å². The summed E-state index contributed by atoms with van der Waals surface area (Å²) in [7, 11) is 0. The summed E-state index contributed by atoms with van der Waals surface area (Å²) in [5, 5.41) is 0. The maximum atomic E-state index is 15.1. The average Bonchev–Trinajstić information content (AvgIpc) is 2.99. The first-order valence-corrected chi connectivity index (χ1v) is 14.4. The molecule has 5 nitrogen and oxygen atoms in total. The van der Waals surface area contributed by atoms with Crippen LogP contribution in [0, 0.1) is 40.8 Å². The molecule has 0 aromatic heterocycles. The molecule has 0 amide bonds. The number of hydrogen-bond acceptors (Lipinski definition) is 5. The highest BCUT2D eigenvalue weighted by molar-refractivity contribution is 5.65. The van der Waals surface area contributed by atoms with E-state index in [0.717, 1.165) is 31.7 Å². The maximum Gasteiger partial charge on any atom is 0.389 e. The van der Waals surface area contributed by atoms with E-state index in [9.17, 15) is 30.7 Å². The monoisotopic (exact) mass is 646 g/mol. The molecule has 2 heterocycles. The van der Waals surface area contributed by atoms with Gasteiger partial charge in [0.05, 0.1) is 26.4 Å². The van der Waals surface area contributed by atoms with Crippen molar-refractivity contribution in [3.8, 4) is 11.1 Å². The van der Waals surface area contributed by atoms with Crippen LogP contribution in [0.1, 0.15) is 61.9 Å². The van der Waals surface area contributed by atoms with Gasteiger partial charge in [0.1, 0.15) is 29.1 Å². The molecule has 5 rings (SSSR count). The molecule has 244 valence electrons. The largest absolute Gasteiger partial charge is 0.389 e. The Morgan fingerprint density at radius 1 is 0.689 bits per heavy atom. The Morgan fingerprint density at radius 2 is 1.24 bits per heavy atom. The van der Waals surface area contributed by atoms with E-state index in [1.165, 1.54) is 12.1 Å². The highest BCUT2D eigenvalue weighted by Crippen LogP contribution is 2.39. The minimum absolute atomic E-state index is 0.233. The summed E-state index contributed by atoms with van der Waals surface area (Å²) >= 11 is 0. The third-order valence-electron chi connectivity index (χ3n) is 7.55. The van der Waals surface area contributed by atoms with Gasteiger partial charge in [-0.15, -0.1) is 0 Å². The zero-order valence-electron chi connectivity index (χ0n) is 24.1. The third-order valence-corrected chi connectivity index (χ3v) is 7.55. The average molecular weight is 647 g/mol. The first-order valence-electron chi connectivity index (χ1n) is 14.4. The molecule has 45 heavy (non-hydrogen) atoms. The highest BCUT2D eigenvalue weighted by Gasteiger charge is 2.43. The van der Waals surface area contributed by atoms with Gasteiger partial charge in [-0.05, 0) is 42.3 Å². The minimum atomic E-state index is -4.52. The second kappa shape index (κ2) is 14.1.